The van der Waals surface area contributed by atoms with Gasteiger partial charge in [0.2, 0.25) is 0 Å². The molecule has 0 fully saturated rings. The topological polar surface area (TPSA) is 78.9 Å². The van der Waals surface area contributed by atoms with Crippen molar-refractivity contribution >= 4 is 17.9 Å². The molecule has 0 aromatic carbocycles. The number of hydrogen-bond acceptors (Lipinski definition) is 6. The lowest BCUT2D eigenvalue weighted by atomic mass is 9.99. The predicted octanol–water partition coefficient (Wildman–Crippen LogP) is 19.9. The van der Waals surface area contributed by atoms with Crippen LogP contribution in [-0.2, 0) is 28.6 Å². The highest BCUT2D eigenvalue weighted by Crippen LogP contribution is 2.19. The second kappa shape index (κ2) is 52.2. The summed E-state index contributed by atoms with van der Waals surface area (Å²) in [6, 6.07) is 0. The molecule has 0 spiro atoms. The molecular formula is C61H118O6. The van der Waals surface area contributed by atoms with E-state index < -0.39 is 6.10 Å². The molecule has 0 N–H and O–H groups in total. The average molecular weight is 948 g/mol. The van der Waals surface area contributed by atoms with Crippen LogP contribution in [0.3, 0.4) is 0 Å². The molecule has 3 atom stereocenters. The van der Waals surface area contributed by atoms with Gasteiger partial charge in [-0.25, -0.2) is 0 Å². The minimum Gasteiger partial charge on any atom is -0.462 e. The summed E-state index contributed by atoms with van der Waals surface area (Å²) in [5.74, 6) is 1.75. The van der Waals surface area contributed by atoms with Crippen molar-refractivity contribution in [2.75, 3.05) is 13.2 Å². The van der Waals surface area contributed by atoms with Crippen molar-refractivity contribution in [3.05, 3.63) is 0 Å². The van der Waals surface area contributed by atoms with Gasteiger partial charge < -0.3 is 14.2 Å². The molecule has 6 nitrogen and oxygen atoms in total. The Labute approximate surface area is 418 Å². The third-order valence-electron chi connectivity index (χ3n) is 14.6. The minimum absolute atomic E-state index is 0.0635. The summed E-state index contributed by atoms with van der Waals surface area (Å²) in [7, 11) is 0. The van der Waals surface area contributed by atoms with Crippen LogP contribution in [0.4, 0.5) is 0 Å². The van der Waals surface area contributed by atoms with E-state index in [1.54, 1.807) is 0 Å². The number of hydrogen-bond donors (Lipinski definition) is 0. The second-order valence-corrected chi connectivity index (χ2v) is 21.9. The van der Waals surface area contributed by atoms with Gasteiger partial charge >= 0.3 is 17.9 Å². The summed E-state index contributed by atoms with van der Waals surface area (Å²) in [5, 5.41) is 0. The van der Waals surface area contributed by atoms with Gasteiger partial charge in [0.05, 0.1) is 0 Å². The van der Waals surface area contributed by atoms with Crippen LogP contribution >= 0.6 is 0 Å². The molecule has 0 bridgehead atoms. The first-order chi connectivity index (χ1) is 32.7. The van der Waals surface area contributed by atoms with Gasteiger partial charge in [0.1, 0.15) is 13.2 Å². The van der Waals surface area contributed by atoms with E-state index in [-0.39, 0.29) is 31.1 Å². The van der Waals surface area contributed by atoms with Crippen LogP contribution in [0.15, 0.2) is 0 Å². The van der Waals surface area contributed by atoms with E-state index in [9.17, 15) is 14.4 Å². The molecule has 398 valence electrons. The third kappa shape index (κ3) is 52.1. The van der Waals surface area contributed by atoms with Crippen LogP contribution in [0.5, 0.6) is 0 Å². The Kier molecular flexibility index (Phi) is 51.0. The van der Waals surface area contributed by atoms with Gasteiger partial charge in [0.15, 0.2) is 6.10 Å². The van der Waals surface area contributed by atoms with Crippen molar-refractivity contribution in [2.24, 2.45) is 17.8 Å². The molecular weight excluding hydrogens is 829 g/mol. The maximum Gasteiger partial charge on any atom is 0.306 e. The summed E-state index contributed by atoms with van der Waals surface area (Å²) in [5.41, 5.74) is 0. The quantitative estimate of drug-likeness (QED) is 0.0343. The van der Waals surface area contributed by atoms with Gasteiger partial charge in [-0.3, -0.25) is 14.4 Å². The van der Waals surface area contributed by atoms with E-state index in [0.717, 1.165) is 75.5 Å². The fraction of sp³-hybridized carbons (Fsp3) is 0.951. The van der Waals surface area contributed by atoms with E-state index in [1.807, 2.05) is 0 Å². The van der Waals surface area contributed by atoms with Crippen molar-refractivity contribution in [1.82, 2.24) is 0 Å². The highest BCUT2D eigenvalue weighted by atomic mass is 16.6. The first-order valence-electron chi connectivity index (χ1n) is 30.2. The molecule has 0 aromatic rings. The van der Waals surface area contributed by atoms with Crippen LogP contribution in [0.25, 0.3) is 0 Å². The summed E-state index contributed by atoms with van der Waals surface area (Å²) in [4.78, 5) is 38.2. The Morgan fingerprint density at radius 2 is 0.522 bits per heavy atom. The number of rotatable bonds is 54. The monoisotopic (exact) mass is 947 g/mol. The lowest BCUT2D eigenvalue weighted by Gasteiger charge is -2.18. The number of unbranched alkanes of at least 4 members (excludes halogenated alkanes) is 35. The van der Waals surface area contributed by atoms with Crippen LogP contribution in [0, 0.1) is 17.8 Å². The molecule has 0 aliphatic carbocycles. The van der Waals surface area contributed by atoms with Crippen molar-refractivity contribution in [2.45, 2.75) is 343 Å². The van der Waals surface area contributed by atoms with E-state index >= 15 is 0 Å². The molecule has 0 amide bonds. The fourth-order valence-corrected chi connectivity index (χ4v) is 9.29. The Hall–Kier alpha value is -1.59. The highest BCUT2D eigenvalue weighted by Gasteiger charge is 2.19. The lowest BCUT2D eigenvalue weighted by molar-refractivity contribution is -0.167. The molecule has 0 rings (SSSR count). The molecule has 0 aromatic heterocycles. The summed E-state index contributed by atoms with van der Waals surface area (Å²) < 4.78 is 16.9. The smallest absolute Gasteiger partial charge is 0.306 e. The molecule has 0 saturated carbocycles. The number of ether oxygens (including phenoxy) is 3. The van der Waals surface area contributed by atoms with Crippen molar-refractivity contribution in [3.8, 4) is 0 Å². The maximum atomic E-state index is 12.8. The van der Waals surface area contributed by atoms with E-state index in [4.69, 9.17) is 14.2 Å². The molecule has 0 saturated heterocycles. The molecule has 67 heavy (non-hydrogen) atoms. The van der Waals surface area contributed by atoms with Crippen molar-refractivity contribution < 1.29 is 28.6 Å². The molecule has 2 unspecified atom stereocenters. The molecule has 6 heteroatoms. The van der Waals surface area contributed by atoms with Gasteiger partial charge in [0, 0.05) is 19.3 Å². The largest absolute Gasteiger partial charge is 0.462 e. The molecule has 0 aliphatic heterocycles. The molecule has 0 radical (unpaired) electrons. The van der Waals surface area contributed by atoms with Gasteiger partial charge in [-0.2, -0.15) is 0 Å². The summed E-state index contributed by atoms with van der Waals surface area (Å²) >= 11 is 0. The maximum absolute atomic E-state index is 12.8. The zero-order valence-electron chi connectivity index (χ0n) is 46.2. The zero-order valence-corrected chi connectivity index (χ0v) is 46.2. The lowest BCUT2D eigenvalue weighted by Crippen LogP contribution is -2.30. The standard InChI is InChI=1S/C61H118O6/c1-7-56(5)48-42-36-30-24-17-15-13-11-9-10-12-14-16-18-26-32-38-44-50-59(62)65-53-58(54-66-60(63)51-45-39-33-27-21-19-23-29-35-41-47-55(3)4)67-61(64)52-46-40-34-28-22-20-25-31-37-43-49-57(6)8-2/h55-58H,7-54H2,1-6H3/t56?,57?,58-/m1/s1. The molecule has 0 heterocycles. The number of carbonyl (C=O) groups excluding carboxylic acids is 3. The third-order valence-corrected chi connectivity index (χ3v) is 14.6. The second-order valence-electron chi connectivity index (χ2n) is 21.9. The molecule has 0 aliphatic rings. The Bertz CT molecular complexity index is 1040. The number of carbonyl (C=O) groups is 3. The zero-order chi connectivity index (χ0) is 49.1. The Morgan fingerprint density at radius 1 is 0.299 bits per heavy atom. The SMILES string of the molecule is CCC(C)CCCCCCCCCCCCCCCCCCCCC(=O)OC[C@H](COC(=O)CCCCCCCCCCCCC(C)C)OC(=O)CCCCCCCCCCCCC(C)CC. The first kappa shape index (κ1) is 65.4. The first-order valence-corrected chi connectivity index (χ1v) is 30.2. The van der Waals surface area contributed by atoms with Crippen molar-refractivity contribution in [1.29, 1.82) is 0 Å². The Morgan fingerprint density at radius 3 is 0.776 bits per heavy atom. The highest BCUT2D eigenvalue weighted by molar-refractivity contribution is 5.71. The van der Waals surface area contributed by atoms with Gasteiger partial charge in [0.25, 0.3) is 0 Å². The van der Waals surface area contributed by atoms with Gasteiger partial charge in [-0.1, -0.05) is 298 Å². The minimum atomic E-state index is -0.764. The Balaban J connectivity index is 4.24. The normalized spacial score (nSPS) is 12.9. The van der Waals surface area contributed by atoms with E-state index in [1.165, 1.54) is 218 Å². The van der Waals surface area contributed by atoms with Crippen LogP contribution in [-0.4, -0.2) is 37.2 Å². The van der Waals surface area contributed by atoms with Gasteiger partial charge in [-0.05, 0) is 37.0 Å². The summed E-state index contributed by atoms with van der Waals surface area (Å²) in [6.07, 6.45) is 55.2. The summed E-state index contributed by atoms with van der Waals surface area (Å²) in [6.45, 7) is 13.8. The predicted molar refractivity (Wildman–Crippen MR) is 289 cm³/mol. The van der Waals surface area contributed by atoms with Crippen LogP contribution in [0.2, 0.25) is 0 Å². The van der Waals surface area contributed by atoms with Crippen molar-refractivity contribution in [3.63, 3.8) is 0 Å². The fourth-order valence-electron chi connectivity index (χ4n) is 9.29. The average Bonchev–Trinajstić information content (AvgIpc) is 3.31. The van der Waals surface area contributed by atoms with Gasteiger partial charge in [-0.15, -0.1) is 0 Å². The van der Waals surface area contributed by atoms with E-state index in [0.29, 0.717) is 19.3 Å². The van der Waals surface area contributed by atoms with E-state index in [2.05, 4.69) is 41.5 Å². The number of esters is 3. The van der Waals surface area contributed by atoms with Crippen LogP contribution in [0.1, 0.15) is 337 Å². The van der Waals surface area contributed by atoms with Crippen LogP contribution < -0.4 is 0 Å².